The van der Waals surface area contributed by atoms with Crippen LogP contribution in [0.4, 0.5) is 5.00 Å². The van der Waals surface area contributed by atoms with E-state index >= 15 is 0 Å². The van der Waals surface area contributed by atoms with Gasteiger partial charge in [-0.3, -0.25) is 9.69 Å². The fourth-order valence-corrected chi connectivity index (χ4v) is 6.12. The number of sulfone groups is 1. The summed E-state index contributed by atoms with van der Waals surface area (Å²) >= 11 is 1.40. The Labute approximate surface area is 181 Å². The normalized spacial score (nSPS) is 14.2. The summed E-state index contributed by atoms with van der Waals surface area (Å²) in [5.74, 6) is -0.880. The van der Waals surface area contributed by atoms with Crippen LogP contribution in [-0.2, 0) is 32.3 Å². The van der Waals surface area contributed by atoms with E-state index in [9.17, 15) is 18.0 Å². The van der Waals surface area contributed by atoms with E-state index in [1.807, 2.05) is 0 Å². The second kappa shape index (κ2) is 9.72. The molecule has 2 heterocycles. The second-order valence-electron chi connectivity index (χ2n) is 7.10. The van der Waals surface area contributed by atoms with Crippen molar-refractivity contribution in [1.82, 2.24) is 4.90 Å². The summed E-state index contributed by atoms with van der Waals surface area (Å²) in [5, 5.41) is 3.29. The van der Waals surface area contributed by atoms with E-state index in [0.29, 0.717) is 10.6 Å². The van der Waals surface area contributed by atoms with E-state index in [0.717, 1.165) is 36.5 Å². The van der Waals surface area contributed by atoms with Crippen molar-refractivity contribution in [3.8, 4) is 0 Å². The molecule has 0 radical (unpaired) electrons. The fourth-order valence-electron chi connectivity index (χ4n) is 3.49. The van der Waals surface area contributed by atoms with Crippen LogP contribution in [0.15, 0.2) is 35.2 Å². The molecule has 1 aliphatic rings. The highest BCUT2D eigenvalue weighted by Crippen LogP contribution is 2.37. The zero-order valence-corrected chi connectivity index (χ0v) is 18.8. The summed E-state index contributed by atoms with van der Waals surface area (Å²) in [4.78, 5) is 28.4. The predicted octanol–water partition coefficient (Wildman–Crippen LogP) is 3.11. The van der Waals surface area contributed by atoms with Gasteiger partial charge in [0.05, 0.1) is 23.3 Å². The van der Waals surface area contributed by atoms with Gasteiger partial charge in [0.2, 0.25) is 5.91 Å². The number of benzene rings is 1. The van der Waals surface area contributed by atoms with Gasteiger partial charge in [-0.1, -0.05) is 25.1 Å². The van der Waals surface area contributed by atoms with E-state index in [1.165, 1.54) is 18.4 Å². The van der Waals surface area contributed by atoms with Gasteiger partial charge in [-0.2, -0.15) is 0 Å². The van der Waals surface area contributed by atoms with Gasteiger partial charge in [0.25, 0.3) is 0 Å². The molecule has 0 saturated heterocycles. The average Bonchev–Trinajstić information content (AvgIpc) is 3.10. The molecule has 9 heteroatoms. The molecular formula is C21H26N2O5S2. The summed E-state index contributed by atoms with van der Waals surface area (Å²) in [5.41, 5.74) is 1.37. The number of amides is 1. The summed E-state index contributed by atoms with van der Waals surface area (Å²) in [7, 11) is -2.10. The van der Waals surface area contributed by atoms with E-state index in [-0.39, 0.29) is 29.4 Å². The minimum atomic E-state index is -3.42. The lowest BCUT2D eigenvalue weighted by atomic mass is 10.0. The predicted molar refractivity (Wildman–Crippen MR) is 117 cm³/mol. The van der Waals surface area contributed by atoms with Crippen LogP contribution in [0.1, 0.15) is 40.6 Å². The van der Waals surface area contributed by atoms with E-state index in [1.54, 1.807) is 30.3 Å². The molecule has 3 rings (SSSR count). The zero-order valence-electron chi connectivity index (χ0n) is 17.1. The van der Waals surface area contributed by atoms with Crippen LogP contribution in [0.25, 0.3) is 0 Å². The first kappa shape index (κ1) is 22.5. The number of nitrogens with zero attached hydrogens (tertiary/aromatic N) is 1. The number of hydrogen-bond donors (Lipinski definition) is 1. The first-order valence-electron chi connectivity index (χ1n) is 9.88. The van der Waals surface area contributed by atoms with Gasteiger partial charge >= 0.3 is 5.97 Å². The van der Waals surface area contributed by atoms with Crippen molar-refractivity contribution >= 4 is 38.1 Å². The largest absolute Gasteiger partial charge is 0.465 e. The number of methoxy groups -OCH3 is 1. The molecule has 0 atom stereocenters. The topological polar surface area (TPSA) is 92.8 Å². The summed E-state index contributed by atoms with van der Waals surface area (Å²) in [6.45, 7) is 4.61. The lowest BCUT2D eigenvalue weighted by Crippen LogP contribution is -2.29. The molecule has 30 heavy (non-hydrogen) atoms. The quantitative estimate of drug-likeness (QED) is 0.621. The van der Waals surface area contributed by atoms with Crippen LogP contribution in [0.3, 0.4) is 0 Å². The lowest BCUT2D eigenvalue weighted by molar-refractivity contribution is -0.116. The number of fused-ring (bicyclic) bond motifs is 1. The highest BCUT2D eigenvalue weighted by molar-refractivity contribution is 7.91. The molecule has 1 aromatic heterocycles. The number of hydrogen-bond acceptors (Lipinski definition) is 7. The molecule has 1 aromatic carbocycles. The van der Waals surface area contributed by atoms with Gasteiger partial charge in [-0.15, -0.1) is 11.3 Å². The van der Waals surface area contributed by atoms with Crippen LogP contribution >= 0.6 is 11.3 Å². The van der Waals surface area contributed by atoms with Crippen LogP contribution in [0, 0.1) is 0 Å². The van der Waals surface area contributed by atoms with Crippen molar-refractivity contribution in [2.75, 3.05) is 31.3 Å². The van der Waals surface area contributed by atoms with E-state index in [4.69, 9.17) is 4.74 Å². The maximum atomic E-state index is 12.5. The molecule has 0 spiro atoms. The van der Waals surface area contributed by atoms with Crippen LogP contribution in [0.5, 0.6) is 0 Å². The maximum absolute atomic E-state index is 12.5. The number of rotatable bonds is 8. The third-order valence-corrected chi connectivity index (χ3v) is 8.09. The van der Waals surface area contributed by atoms with Crippen LogP contribution in [0.2, 0.25) is 0 Å². The third kappa shape index (κ3) is 5.08. The fraction of sp³-hybridized carbons (Fsp3) is 0.429. The minimum absolute atomic E-state index is 0.0519. The average molecular weight is 451 g/mol. The molecule has 0 bridgehead atoms. The van der Waals surface area contributed by atoms with Crippen molar-refractivity contribution in [1.29, 1.82) is 0 Å². The highest BCUT2D eigenvalue weighted by Gasteiger charge is 2.29. The molecule has 0 fully saturated rings. The lowest BCUT2D eigenvalue weighted by Gasteiger charge is -2.25. The maximum Gasteiger partial charge on any atom is 0.341 e. The first-order chi connectivity index (χ1) is 14.4. The standard InChI is InChI=1S/C21H26N2O5S2/c1-3-23-12-11-16-17(14-23)29-20(19(16)21(25)28-2)22-18(24)10-7-13-30(26,27)15-8-5-4-6-9-15/h4-6,8-9H,3,7,10-14H2,1-2H3,(H,22,24). The molecule has 1 aliphatic heterocycles. The van der Waals surface area contributed by atoms with Gasteiger partial charge in [0, 0.05) is 24.4 Å². The number of nitrogens with one attached hydrogen (secondary N) is 1. The molecule has 162 valence electrons. The molecule has 1 N–H and O–H groups in total. The van der Waals surface area contributed by atoms with Gasteiger partial charge in [0.1, 0.15) is 5.00 Å². The summed E-state index contributed by atoms with van der Waals surface area (Å²) in [6, 6.07) is 8.20. The Morgan fingerprint density at radius 1 is 1.23 bits per heavy atom. The third-order valence-electron chi connectivity index (χ3n) is 5.14. The van der Waals surface area contributed by atoms with Gasteiger partial charge in [-0.05, 0) is 37.1 Å². The monoisotopic (exact) mass is 450 g/mol. The number of carbonyl (C=O) groups excluding carboxylic acids is 2. The molecule has 0 unspecified atom stereocenters. The molecule has 1 amide bonds. The SMILES string of the molecule is CCN1CCc2c(sc(NC(=O)CCCS(=O)(=O)c3ccccc3)c2C(=O)OC)C1. The van der Waals surface area contributed by atoms with Crippen molar-refractivity contribution < 1.29 is 22.7 Å². The van der Waals surface area contributed by atoms with E-state index in [2.05, 4.69) is 17.1 Å². The van der Waals surface area contributed by atoms with Gasteiger partial charge in [-0.25, -0.2) is 13.2 Å². The number of ether oxygens (including phenoxy) is 1. The van der Waals surface area contributed by atoms with Crippen molar-refractivity contribution in [3.63, 3.8) is 0 Å². The Hall–Kier alpha value is -2.23. The van der Waals surface area contributed by atoms with Gasteiger partial charge < -0.3 is 10.1 Å². The number of anilines is 1. The van der Waals surface area contributed by atoms with Crippen molar-refractivity contribution in [2.45, 2.75) is 37.6 Å². The Morgan fingerprint density at radius 2 is 1.97 bits per heavy atom. The molecule has 7 nitrogen and oxygen atoms in total. The summed E-state index contributed by atoms with van der Waals surface area (Å²) in [6.07, 6.45) is 0.983. The number of thiophene rings is 1. The minimum Gasteiger partial charge on any atom is -0.465 e. The molecule has 0 saturated carbocycles. The van der Waals surface area contributed by atoms with Crippen molar-refractivity contribution in [3.05, 3.63) is 46.3 Å². The Balaban J connectivity index is 1.66. The smallest absolute Gasteiger partial charge is 0.341 e. The van der Waals surface area contributed by atoms with Gasteiger partial charge in [0.15, 0.2) is 9.84 Å². The molecular weight excluding hydrogens is 424 g/mol. The first-order valence-corrected chi connectivity index (χ1v) is 12.4. The molecule has 0 aliphatic carbocycles. The Kier molecular flexibility index (Phi) is 7.27. The summed E-state index contributed by atoms with van der Waals surface area (Å²) < 4.78 is 29.6. The van der Waals surface area contributed by atoms with Crippen LogP contribution < -0.4 is 5.32 Å². The Bertz CT molecular complexity index is 1020. The zero-order chi connectivity index (χ0) is 21.7. The highest BCUT2D eigenvalue weighted by atomic mass is 32.2. The number of carbonyl (C=O) groups is 2. The number of likely N-dealkylation sites (N-methyl/N-ethyl adjacent to an activating group) is 1. The number of esters is 1. The molecule has 2 aromatic rings. The van der Waals surface area contributed by atoms with E-state index < -0.39 is 15.8 Å². The van der Waals surface area contributed by atoms with Crippen molar-refractivity contribution in [2.24, 2.45) is 0 Å². The second-order valence-corrected chi connectivity index (χ2v) is 10.3. The van der Waals surface area contributed by atoms with Crippen LogP contribution in [-0.4, -0.2) is 51.1 Å². The Morgan fingerprint density at radius 3 is 2.63 bits per heavy atom.